The third kappa shape index (κ3) is 4.67. The van der Waals surface area contributed by atoms with Gasteiger partial charge in [0.2, 0.25) is 10.0 Å². The predicted molar refractivity (Wildman–Crippen MR) is 92.0 cm³/mol. The highest BCUT2D eigenvalue weighted by molar-refractivity contribution is 7.91. The molecule has 6 nitrogen and oxygen atoms in total. The Balaban J connectivity index is 0.00000264. The van der Waals surface area contributed by atoms with Crippen LogP contribution in [0.3, 0.4) is 0 Å². The maximum absolute atomic E-state index is 12.6. The minimum atomic E-state index is -3.77. The Morgan fingerprint density at radius 3 is 2.43 bits per heavy atom. The van der Waals surface area contributed by atoms with Crippen molar-refractivity contribution < 1.29 is 16.8 Å². The van der Waals surface area contributed by atoms with Crippen LogP contribution in [0.1, 0.15) is 24.8 Å². The van der Waals surface area contributed by atoms with E-state index in [0.29, 0.717) is 12.1 Å². The molecule has 1 aliphatic carbocycles. The quantitative estimate of drug-likeness (QED) is 0.796. The van der Waals surface area contributed by atoms with Gasteiger partial charge in [-0.15, -0.1) is 12.4 Å². The molecule has 0 aromatic heterocycles. The van der Waals surface area contributed by atoms with E-state index in [2.05, 4.69) is 4.72 Å². The maximum Gasteiger partial charge on any atom is 0.241 e. The van der Waals surface area contributed by atoms with Crippen LogP contribution in [-0.2, 0) is 19.9 Å². The van der Waals surface area contributed by atoms with Gasteiger partial charge in [-0.1, -0.05) is 12.5 Å². The van der Waals surface area contributed by atoms with E-state index in [0.717, 1.165) is 25.5 Å². The molecule has 0 radical (unpaired) electrons. The standard InChI is InChI=1S/C14H22N2O4S2.ClH/c1-10-6-7-12(21(2,17)18)8-14(10)22(19,20)16-13-5-3-4-11(13)9-15;/h6-8,11,13,16H,3-5,9,15H2,1-2H3;1H. The molecule has 2 atom stereocenters. The highest BCUT2D eigenvalue weighted by Gasteiger charge is 2.31. The number of hydrogen-bond donors (Lipinski definition) is 2. The first-order chi connectivity index (χ1) is 10.1. The van der Waals surface area contributed by atoms with Gasteiger partial charge >= 0.3 is 0 Å². The summed E-state index contributed by atoms with van der Waals surface area (Å²) in [5.41, 5.74) is 6.19. The van der Waals surface area contributed by atoms with E-state index in [-0.39, 0.29) is 34.2 Å². The zero-order valence-corrected chi connectivity index (χ0v) is 15.6. The molecule has 1 aromatic rings. The summed E-state index contributed by atoms with van der Waals surface area (Å²) >= 11 is 0. The van der Waals surface area contributed by atoms with Gasteiger partial charge in [-0.05, 0) is 49.9 Å². The molecule has 23 heavy (non-hydrogen) atoms. The van der Waals surface area contributed by atoms with Crippen LogP contribution in [0.2, 0.25) is 0 Å². The summed E-state index contributed by atoms with van der Waals surface area (Å²) in [5, 5.41) is 0. The number of sulfonamides is 1. The van der Waals surface area contributed by atoms with Crippen LogP contribution in [0.4, 0.5) is 0 Å². The molecule has 0 saturated heterocycles. The minimum Gasteiger partial charge on any atom is -0.330 e. The first-order valence-corrected chi connectivity index (χ1v) is 10.6. The van der Waals surface area contributed by atoms with Gasteiger partial charge < -0.3 is 5.73 Å². The molecule has 0 bridgehead atoms. The van der Waals surface area contributed by atoms with E-state index in [1.807, 2.05) is 0 Å². The molecular formula is C14H23ClN2O4S2. The van der Waals surface area contributed by atoms with E-state index in [4.69, 9.17) is 5.73 Å². The van der Waals surface area contributed by atoms with Crippen LogP contribution < -0.4 is 10.5 Å². The molecule has 2 unspecified atom stereocenters. The topological polar surface area (TPSA) is 106 Å². The highest BCUT2D eigenvalue weighted by Crippen LogP contribution is 2.27. The number of nitrogens with two attached hydrogens (primary N) is 1. The van der Waals surface area contributed by atoms with Crippen molar-refractivity contribution in [2.45, 2.75) is 42.0 Å². The summed E-state index contributed by atoms with van der Waals surface area (Å²) in [5.74, 6) is 0.133. The van der Waals surface area contributed by atoms with E-state index < -0.39 is 19.9 Å². The summed E-state index contributed by atoms with van der Waals surface area (Å²) in [7, 11) is -7.23. The Bertz CT molecular complexity index is 763. The van der Waals surface area contributed by atoms with Crippen LogP contribution in [0, 0.1) is 12.8 Å². The molecule has 0 spiro atoms. The van der Waals surface area contributed by atoms with E-state index >= 15 is 0 Å². The molecular weight excluding hydrogens is 360 g/mol. The first-order valence-electron chi connectivity index (χ1n) is 7.18. The fourth-order valence-corrected chi connectivity index (χ4v) is 5.17. The number of aryl methyl sites for hydroxylation is 1. The second-order valence-electron chi connectivity index (χ2n) is 5.85. The molecule has 9 heteroatoms. The van der Waals surface area contributed by atoms with Gasteiger partial charge in [0.15, 0.2) is 9.84 Å². The Labute approximate surface area is 144 Å². The third-order valence-corrected chi connectivity index (χ3v) is 6.89. The van der Waals surface area contributed by atoms with Crippen molar-refractivity contribution in [1.29, 1.82) is 0 Å². The van der Waals surface area contributed by atoms with Crippen molar-refractivity contribution in [3.05, 3.63) is 23.8 Å². The monoisotopic (exact) mass is 382 g/mol. The van der Waals surface area contributed by atoms with Gasteiger partial charge in [0.1, 0.15) is 0 Å². The largest absolute Gasteiger partial charge is 0.330 e. The van der Waals surface area contributed by atoms with Crippen LogP contribution in [0.25, 0.3) is 0 Å². The first kappa shape index (κ1) is 20.4. The van der Waals surface area contributed by atoms with Gasteiger partial charge in [-0.2, -0.15) is 0 Å². The predicted octanol–water partition coefficient (Wildman–Crippen LogP) is 1.23. The van der Waals surface area contributed by atoms with Gasteiger partial charge in [0, 0.05) is 12.3 Å². The molecule has 0 heterocycles. The Kier molecular flexibility index (Phi) is 6.63. The van der Waals surface area contributed by atoms with Crippen LogP contribution in [0.15, 0.2) is 28.0 Å². The highest BCUT2D eigenvalue weighted by atomic mass is 35.5. The lowest BCUT2D eigenvalue weighted by atomic mass is 10.1. The lowest BCUT2D eigenvalue weighted by Gasteiger charge is -2.20. The number of sulfone groups is 1. The molecule has 1 fully saturated rings. The summed E-state index contributed by atoms with van der Waals surface area (Å²) < 4.78 is 51.2. The second-order valence-corrected chi connectivity index (χ2v) is 9.55. The zero-order valence-electron chi connectivity index (χ0n) is 13.2. The van der Waals surface area contributed by atoms with Gasteiger partial charge in [-0.3, -0.25) is 0 Å². The van der Waals surface area contributed by atoms with Crippen molar-refractivity contribution in [3.63, 3.8) is 0 Å². The van der Waals surface area contributed by atoms with E-state index in [1.165, 1.54) is 18.2 Å². The minimum absolute atomic E-state index is 0. The van der Waals surface area contributed by atoms with Crippen molar-refractivity contribution in [2.24, 2.45) is 11.7 Å². The van der Waals surface area contributed by atoms with E-state index in [1.54, 1.807) is 6.92 Å². The number of hydrogen-bond acceptors (Lipinski definition) is 5. The lowest BCUT2D eigenvalue weighted by Crippen LogP contribution is -2.40. The van der Waals surface area contributed by atoms with E-state index in [9.17, 15) is 16.8 Å². The average Bonchev–Trinajstić information content (AvgIpc) is 2.84. The average molecular weight is 383 g/mol. The summed E-state index contributed by atoms with van der Waals surface area (Å²) in [6.45, 7) is 2.09. The van der Waals surface area contributed by atoms with Crippen LogP contribution in [-0.4, -0.2) is 35.7 Å². The van der Waals surface area contributed by atoms with Gasteiger partial charge in [0.25, 0.3) is 0 Å². The SMILES string of the molecule is Cc1ccc(S(C)(=O)=O)cc1S(=O)(=O)NC1CCCC1CN.Cl. The zero-order chi connectivity index (χ0) is 16.5. The number of nitrogens with one attached hydrogen (secondary N) is 1. The van der Waals surface area contributed by atoms with Crippen molar-refractivity contribution in [1.82, 2.24) is 4.72 Å². The molecule has 1 aromatic carbocycles. The summed E-state index contributed by atoms with van der Waals surface area (Å²) in [6.07, 6.45) is 3.66. The fourth-order valence-electron chi connectivity index (χ4n) is 2.84. The smallest absolute Gasteiger partial charge is 0.241 e. The fraction of sp³-hybridized carbons (Fsp3) is 0.571. The van der Waals surface area contributed by atoms with Crippen LogP contribution >= 0.6 is 12.4 Å². The molecule has 1 aliphatic rings. The van der Waals surface area contributed by atoms with Crippen molar-refractivity contribution in [3.8, 4) is 0 Å². The molecule has 2 rings (SSSR count). The normalized spacial score (nSPS) is 21.9. The number of halogens is 1. The second kappa shape index (κ2) is 7.48. The van der Waals surface area contributed by atoms with Gasteiger partial charge in [0.05, 0.1) is 9.79 Å². The molecule has 0 aliphatic heterocycles. The molecule has 1 saturated carbocycles. The Hall–Kier alpha value is -0.670. The molecule has 132 valence electrons. The lowest BCUT2D eigenvalue weighted by molar-refractivity contribution is 0.452. The Morgan fingerprint density at radius 1 is 1.22 bits per heavy atom. The van der Waals surface area contributed by atoms with Crippen molar-refractivity contribution >= 4 is 32.3 Å². The number of benzene rings is 1. The maximum atomic E-state index is 12.6. The number of rotatable bonds is 5. The van der Waals surface area contributed by atoms with Crippen molar-refractivity contribution in [2.75, 3.05) is 12.8 Å². The summed E-state index contributed by atoms with van der Waals surface area (Å²) in [4.78, 5) is 0.0124. The van der Waals surface area contributed by atoms with Gasteiger partial charge in [-0.25, -0.2) is 21.6 Å². The Morgan fingerprint density at radius 2 is 1.87 bits per heavy atom. The van der Waals surface area contributed by atoms with Crippen LogP contribution in [0.5, 0.6) is 0 Å². The third-order valence-electron chi connectivity index (χ3n) is 4.15. The summed E-state index contributed by atoms with van der Waals surface area (Å²) in [6, 6.07) is 3.97. The molecule has 0 amide bonds. The molecule has 3 N–H and O–H groups in total.